The highest BCUT2D eigenvalue weighted by Gasteiger charge is 2.12. The van der Waals surface area contributed by atoms with Crippen LogP contribution in [0.2, 0.25) is 5.28 Å². The highest BCUT2D eigenvalue weighted by Crippen LogP contribution is 2.11. The van der Waals surface area contributed by atoms with Crippen LogP contribution in [0.1, 0.15) is 6.92 Å². The number of rotatable bonds is 3. The minimum absolute atomic E-state index is 0.0215. The maximum Gasteiger partial charge on any atom is 0.326 e. The summed E-state index contributed by atoms with van der Waals surface area (Å²) in [5.41, 5.74) is 0.159. The molecule has 0 saturated heterocycles. The van der Waals surface area contributed by atoms with Crippen LogP contribution in [0.15, 0.2) is 29.1 Å². The number of para-hydroxylation sites is 1. The molecule has 94 valence electrons. The first-order valence-corrected chi connectivity index (χ1v) is 5.82. The fourth-order valence-corrected chi connectivity index (χ4v) is 1.84. The molecule has 0 aliphatic carbocycles. The minimum Gasteiger partial charge on any atom is -0.465 e. The summed E-state index contributed by atoms with van der Waals surface area (Å²) in [6.07, 6.45) is 0. The van der Waals surface area contributed by atoms with Crippen molar-refractivity contribution in [1.29, 1.82) is 0 Å². The third kappa shape index (κ3) is 2.36. The van der Waals surface area contributed by atoms with Gasteiger partial charge in [-0.2, -0.15) is 0 Å². The molecule has 2 aromatic rings. The molecule has 0 aliphatic heterocycles. The third-order valence-electron chi connectivity index (χ3n) is 2.41. The highest BCUT2D eigenvalue weighted by molar-refractivity contribution is 6.28. The number of ether oxygens (including phenoxy) is 1. The molecular weight excluding hydrogens is 256 g/mol. The number of carbonyl (C=O) groups is 1. The first-order valence-electron chi connectivity index (χ1n) is 5.44. The SMILES string of the molecule is CCOC(=O)Cn1c(Cl)nc2ccccc2c1=O. The van der Waals surface area contributed by atoms with Crippen molar-refractivity contribution in [2.75, 3.05) is 6.61 Å². The van der Waals surface area contributed by atoms with E-state index in [9.17, 15) is 9.59 Å². The summed E-state index contributed by atoms with van der Waals surface area (Å²) in [7, 11) is 0. The molecule has 0 bridgehead atoms. The van der Waals surface area contributed by atoms with Gasteiger partial charge in [0.2, 0.25) is 5.28 Å². The van der Waals surface area contributed by atoms with E-state index in [0.29, 0.717) is 10.9 Å². The van der Waals surface area contributed by atoms with E-state index in [-0.39, 0.29) is 24.0 Å². The zero-order valence-corrected chi connectivity index (χ0v) is 10.5. The molecule has 1 aromatic carbocycles. The van der Waals surface area contributed by atoms with Crippen LogP contribution < -0.4 is 5.56 Å². The van der Waals surface area contributed by atoms with E-state index in [0.717, 1.165) is 4.57 Å². The summed E-state index contributed by atoms with van der Waals surface area (Å²) < 4.78 is 5.88. The second-order valence-electron chi connectivity index (χ2n) is 3.59. The number of fused-ring (bicyclic) bond motifs is 1. The molecule has 2 rings (SSSR count). The van der Waals surface area contributed by atoms with Crippen molar-refractivity contribution in [3.05, 3.63) is 39.9 Å². The van der Waals surface area contributed by atoms with Crippen LogP contribution in [0.25, 0.3) is 10.9 Å². The summed E-state index contributed by atoms with van der Waals surface area (Å²) in [5.74, 6) is -0.515. The van der Waals surface area contributed by atoms with Gasteiger partial charge in [0.1, 0.15) is 6.54 Å². The van der Waals surface area contributed by atoms with E-state index in [4.69, 9.17) is 16.3 Å². The van der Waals surface area contributed by atoms with Gasteiger partial charge in [-0.1, -0.05) is 12.1 Å². The molecule has 0 unspecified atom stereocenters. The maximum atomic E-state index is 12.1. The molecule has 6 heteroatoms. The number of nitrogens with zero attached hydrogens (tertiary/aromatic N) is 2. The smallest absolute Gasteiger partial charge is 0.326 e. The van der Waals surface area contributed by atoms with Crippen molar-refractivity contribution in [3.8, 4) is 0 Å². The average Bonchev–Trinajstić information content (AvgIpc) is 2.35. The van der Waals surface area contributed by atoms with Gasteiger partial charge in [-0.25, -0.2) is 4.98 Å². The molecule has 0 atom stereocenters. The van der Waals surface area contributed by atoms with Crippen molar-refractivity contribution in [3.63, 3.8) is 0 Å². The normalized spacial score (nSPS) is 10.6. The van der Waals surface area contributed by atoms with Crippen molar-refractivity contribution in [2.45, 2.75) is 13.5 Å². The summed E-state index contributed by atoms with van der Waals surface area (Å²) in [4.78, 5) is 27.6. The second kappa shape index (κ2) is 5.18. The van der Waals surface area contributed by atoms with Crippen LogP contribution in [0.4, 0.5) is 0 Å². The number of carbonyl (C=O) groups excluding carboxylic acids is 1. The Morgan fingerprint density at radius 2 is 2.17 bits per heavy atom. The lowest BCUT2D eigenvalue weighted by molar-refractivity contribution is -0.143. The molecule has 0 aliphatic rings. The number of hydrogen-bond donors (Lipinski definition) is 0. The fourth-order valence-electron chi connectivity index (χ4n) is 1.61. The topological polar surface area (TPSA) is 61.2 Å². The van der Waals surface area contributed by atoms with Crippen molar-refractivity contribution >= 4 is 28.5 Å². The Kier molecular flexibility index (Phi) is 3.62. The quantitative estimate of drug-likeness (QED) is 0.626. The van der Waals surface area contributed by atoms with Gasteiger partial charge in [-0.15, -0.1) is 0 Å². The molecular formula is C12H11ClN2O3. The van der Waals surface area contributed by atoms with E-state index in [1.807, 2.05) is 0 Å². The molecule has 0 amide bonds. The Balaban J connectivity index is 2.51. The zero-order chi connectivity index (χ0) is 13.1. The molecule has 0 fully saturated rings. The molecule has 0 radical (unpaired) electrons. The Bertz CT molecular complexity index is 651. The molecule has 0 spiro atoms. The van der Waals surface area contributed by atoms with E-state index < -0.39 is 5.97 Å². The second-order valence-corrected chi connectivity index (χ2v) is 3.93. The van der Waals surface area contributed by atoms with Gasteiger partial charge in [0.15, 0.2) is 0 Å². The Labute approximate surface area is 108 Å². The lowest BCUT2D eigenvalue weighted by Gasteiger charge is -2.08. The van der Waals surface area contributed by atoms with E-state index >= 15 is 0 Å². The predicted molar refractivity (Wildman–Crippen MR) is 67.6 cm³/mol. The number of benzene rings is 1. The van der Waals surface area contributed by atoms with E-state index in [1.165, 1.54) is 0 Å². The largest absolute Gasteiger partial charge is 0.465 e. The lowest BCUT2D eigenvalue weighted by atomic mass is 10.2. The monoisotopic (exact) mass is 266 g/mol. The van der Waals surface area contributed by atoms with Gasteiger partial charge in [0, 0.05) is 0 Å². The molecule has 1 aromatic heterocycles. The van der Waals surface area contributed by atoms with Gasteiger partial charge in [0.05, 0.1) is 17.5 Å². The van der Waals surface area contributed by atoms with Crippen molar-refractivity contribution in [2.24, 2.45) is 0 Å². The van der Waals surface area contributed by atoms with Crippen LogP contribution in [0.3, 0.4) is 0 Å². The standard InChI is InChI=1S/C12H11ClN2O3/c1-2-18-10(16)7-15-11(17)8-5-3-4-6-9(8)14-12(15)13/h3-6H,2,7H2,1H3. The Morgan fingerprint density at radius 1 is 1.44 bits per heavy atom. The summed E-state index contributed by atoms with van der Waals surface area (Å²) in [5, 5.41) is 0.401. The predicted octanol–water partition coefficient (Wildman–Crippen LogP) is 1.61. The number of aromatic nitrogens is 2. The van der Waals surface area contributed by atoms with Crippen molar-refractivity contribution in [1.82, 2.24) is 9.55 Å². The number of esters is 1. The van der Waals surface area contributed by atoms with Gasteiger partial charge in [-0.05, 0) is 30.7 Å². The van der Waals surface area contributed by atoms with Gasteiger partial charge in [0.25, 0.3) is 5.56 Å². The Hall–Kier alpha value is -1.88. The maximum absolute atomic E-state index is 12.1. The summed E-state index contributed by atoms with van der Waals surface area (Å²) in [6.45, 7) is 1.72. The Morgan fingerprint density at radius 3 is 2.89 bits per heavy atom. The summed E-state index contributed by atoms with van der Waals surface area (Å²) in [6, 6.07) is 6.83. The zero-order valence-electron chi connectivity index (χ0n) is 9.72. The van der Waals surface area contributed by atoms with Gasteiger partial charge >= 0.3 is 5.97 Å². The van der Waals surface area contributed by atoms with E-state index in [1.54, 1.807) is 31.2 Å². The number of hydrogen-bond acceptors (Lipinski definition) is 4. The molecule has 0 N–H and O–H groups in total. The minimum atomic E-state index is -0.515. The first kappa shape index (κ1) is 12.6. The van der Waals surface area contributed by atoms with Crippen molar-refractivity contribution < 1.29 is 9.53 Å². The van der Waals surface area contributed by atoms with Gasteiger partial charge in [-0.3, -0.25) is 14.2 Å². The summed E-state index contributed by atoms with van der Waals surface area (Å²) >= 11 is 5.90. The molecule has 1 heterocycles. The average molecular weight is 267 g/mol. The molecule has 5 nitrogen and oxygen atoms in total. The van der Waals surface area contributed by atoms with E-state index in [2.05, 4.69) is 4.98 Å². The first-order chi connectivity index (χ1) is 8.63. The van der Waals surface area contributed by atoms with Crippen LogP contribution in [-0.4, -0.2) is 22.1 Å². The van der Waals surface area contributed by atoms with Crippen LogP contribution in [0.5, 0.6) is 0 Å². The van der Waals surface area contributed by atoms with Crippen LogP contribution in [-0.2, 0) is 16.1 Å². The molecule has 0 saturated carbocycles. The van der Waals surface area contributed by atoms with Crippen LogP contribution in [0, 0.1) is 0 Å². The van der Waals surface area contributed by atoms with Crippen LogP contribution >= 0.6 is 11.6 Å². The number of halogens is 1. The lowest BCUT2D eigenvalue weighted by Crippen LogP contribution is -2.27. The fraction of sp³-hybridized carbons (Fsp3) is 0.250. The third-order valence-corrected chi connectivity index (χ3v) is 2.70. The molecule has 18 heavy (non-hydrogen) atoms. The highest BCUT2D eigenvalue weighted by atomic mass is 35.5. The van der Waals surface area contributed by atoms with Gasteiger partial charge < -0.3 is 4.74 Å².